The first-order valence-electron chi connectivity index (χ1n) is 1.99. The highest BCUT2D eigenvalue weighted by molar-refractivity contribution is 8.06. The molecule has 11 heteroatoms. The van der Waals surface area contributed by atoms with E-state index in [0.717, 1.165) is 4.13 Å². The quantitative estimate of drug-likeness (QED) is 0.321. The second-order valence-corrected chi connectivity index (χ2v) is 4.18. The zero-order chi connectivity index (χ0) is 9.12. The van der Waals surface area contributed by atoms with E-state index >= 15 is 0 Å². The van der Waals surface area contributed by atoms with Crippen LogP contribution in [-0.2, 0) is 47.5 Å². The van der Waals surface area contributed by atoms with Crippen molar-refractivity contribution in [2.75, 3.05) is 0 Å². The lowest BCUT2D eigenvalue weighted by Crippen LogP contribution is -2.61. The highest BCUT2D eigenvalue weighted by Gasteiger charge is 2.53. The minimum atomic E-state index is -4.40. The molecule has 0 heterocycles. The molecule has 2 atom stereocenters. The van der Waals surface area contributed by atoms with Gasteiger partial charge in [0.05, 0.1) is 8.57 Å². The fourth-order valence-electron chi connectivity index (χ4n) is 0.173. The predicted molar refractivity (Wildman–Crippen MR) is 28.6 cm³/mol. The van der Waals surface area contributed by atoms with Crippen molar-refractivity contribution >= 4 is 21.4 Å². The van der Waals surface area contributed by atoms with E-state index in [2.05, 4.69) is 20.4 Å². The van der Waals surface area contributed by atoms with Crippen LogP contribution in [0.25, 0.3) is 0 Å². The molecule has 0 fully saturated rings. The standard InChI is InChI=1S/H7N3O6S2/c1-8-10(4,5)3-11(6,7)9-2/h1-2H3,(H,3,4,6)/q+4. The fraction of sp³-hybridized carbons (Fsp3) is 0. The number of nitrogens with one attached hydrogen (secondary N) is 1. The van der Waals surface area contributed by atoms with E-state index in [1.807, 2.05) is 0 Å². The Bertz CT molecular complexity index is 190. The molecule has 0 saturated heterocycles. The topological polar surface area (TPSA) is 160 Å². The Kier molecular flexibility index (Phi) is 3.62. The molecule has 0 spiro atoms. The fourth-order valence-corrected chi connectivity index (χ4v) is 1.56. The molecule has 66 valence electrons. The van der Waals surface area contributed by atoms with Gasteiger partial charge in [0.15, 0.2) is 4.13 Å². The van der Waals surface area contributed by atoms with Crippen LogP contribution in [0.2, 0.25) is 0 Å². The average Bonchev–Trinajstić information content (AvgIpc) is 1.86. The van der Waals surface area contributed by atoms with Crippen LogP contribution in [0.1, 0.15) is 0 Å². The molecular formula is H7N3O6S2+4. The molecule has 0 saturated carbocycles. The van der Waals surface area contributed by atoms with Crippen LogP contribution in [0.5, 0.6) is 0 Å². The Morgan fingerprint density at radius 1 is 1.00 bits per heavy atom. The van der Waals surface area contributed by atoms with Gasteiger partial charge in [0.2, 0.25) is 0 Å². The third kappa shape index (κ3) is 4.46. The first kappa shape index (κ1) is 11.0. The summed E-state index contributed by atoms with van der Waals surface area (Å²) in [6, 6.07) is 0. The van der Waals surface area contributed by atoms with E-state index in [0.29, 0.717) is 0 Å². The second kappa shape index (κ2) is 3.61. The molecule has 0 aromatic carbocycles. The summed E-state index contributed by atoms with van der Waals surface area (Å²) >= 11 is 0. The van der Waals surface area contributed by atoms with Crippen molar-refractivity contribution in [1.82, 2.24) is 4.13 Å². The summed E-state index contributed by atoms with van der Waals surface area (Å²) in [5.74, 6) is 4.97. The summed E-state index contributed by atoms with van der Waals surface area (Å²) in [4.78, 5) is 0. The average molecular weight is 209 g/mol. The molecule has 11 heavy (non-hydrogen) atoms. The third-order valence-corrected chi connectivity index (χ3v) is 2.77. The molecule has 0 bridgehead atoms. The van der Waals surface area contributed by atoms with Crippen molar-refractivity contribution in [2.45, 2.75) is 0 Å². The van der Waals surface area contributed by atoms with Crippen LogP contribution in [0.15, 0.2) is 0 Å². The summed E-state index contributed by atoms with van der Waals surface area (Å²) in [6.45, 7) is 0. The van der Waals surface area contributed by atoms with Crippen molar-refractivity contribution in [3.8, 4) is 0 Å². The van der Waals surface area contributed by atoms with Gasteiger partial charge in [0, 0.05) is 8.42 Å². The molecule has 9 nitrogen and oxygen atoms in total. The maximum atomic E-state index is 10.3. The molecule has 0 aliphatic heterocycles. The lowest BCUT2D eigenvalue weighted by atomic mass is 13.6. The van der Waals surface area contributed by atoms with E-state index in [9.17, 15) is 17.5 Å². The maximum absolute atomic E-state index is 10.3. The van der Waals surface area contributed by atoms with Gasteiger partial charge in [-0.15, -0.1) is 0 Å². The van der Waals surface area contributed by atoms with Gasteiger partial charge in [0.25, 0.3) is 0 Å². The normalized spacial score (nSPS) is 22.2. The minimum Gasteiger partial charge on any atom is -0.156 e. The number of hydrogen-bond donors (Lipinski definition) is 3. The summed E-state index contributed by atoms with van der Waals surface area (Å²) < 4.78 is 49.2. The second-order valence-electron chi connectivity index (χ2n) is 1.23. The molecule has 0 rings (SSSR count). The molecule has 0 aliphatic carbocycles. The van der Waals surface area contributed by atoms with Crippen molar-refractivity contribution in [1.29, 1.82) is 0 Å². The van der Waals surface area contributed by atoms with E-state index < -0.39 is 21.4 Å². The van der Waals surface area contributed by atoms with Crippen molar-refractivity contribution in [3.63, 3.8) is 0 Å². The minimum absolute atomic E-state index is 1.01. The van der Waals surface area contributed by atoms with E-state index in [-0.39, 0.29) is 0 Å². The molecule has 0 aliphatic rings. The monoisotopic (exact) mass is 209 g/mol. The van der Waals surface area contributed by atoms with Gasteiger partial charge in [-0.1, -0.05) is 0 Å². The van der Waals surface area contributed by atoms with Crippen LogP contribution in [-0.4, -0.2) is 0 Å². The number of hydrogen-bond acceptors (Lipinski definition) is 4. The highest BCUT2D eigenvalue weighted by Crippen LogP contribution is 2.00. The number of quaternary nitrogens is 2. The molecular weight excluding hydrogens is 202 g/mol. The summed E-state index contributed by atoms with van der Waals surface area (Å²) in [5, 5.41) is 0. The molecule has 2 radical (unpaired) electrons. The first-order chi connectivity index (χ1) is 4.83. The predicted octanol–water partition coefficient (Wildman–Crippen LogP) is -3.73. The van der Waals surface area contributed by atoms with Gasteiger partial charge in [-0.2, -0.15) is 11.8 Å². The molecule has 0 amide bonds. The van der Waals surface area contributed by atoms with Crippen molar-refractivity contribution < 1.29 is 37.9 Å². The van der Waals surface area contributed by atoms with Crippen LogP contribution < -0.4 is 15.9 Å². The maximum Gasteiger partial charge on any atom is 0.574 e. The van der Waals surface area contributed by atoms with Gasteiger partial charge in [-0.05, 0) is 0 Å². The molecule has 2 unspecified atom stereocenters. The third-order valence-electron chi connectivity index (χ3n) is 0.514. The zero-order valence-corrected chi connectivity index (χ0v) is 6.81. The Hall–Kier alpha value is 0.0200. The van der Waals surface area contributed by atoms with Gasteiger partial charge in [0.1, 0.15) is 9.11 Å². The van der Waals surface area contributed by atoms with Gasteiger partial charge < -0.3 is 0 Å². The van der Waals surface area contributed by atoms with Crippen molar-refractivity contribution in [2.24, 2.45) is 0 Å². The largest absolute Gasteiger partial charge is 0.574 e. The lowest BCUT2D eigenvalue weighted by molar-refractivity contribution is -0.640. The SMILES string of the molecule is [NH3+]O[S+]([O])(=O)N[S+]([O])(=O)O[NH3+]. The number of rotatable bonds is 4. The Morgan fingerprint density at radius 2 is 1.27 bits per heavy atom. The summed E-state index contributed by atoms with van der Waals surface area (Å²) in [5.41, 5.74) is 0. The zero-order valence-electron chi connectivity index (χ0n) is 5.18. The van der Waals surface area contributed by atoms with Gasteiger partial charge >= 0.3 is 21.4 Å². The van der Waals surface area contributed by atoms with Gasteiger partial charge in [-0.3, -0.25) is 0 Å². The van der Waals surface area contributed by atoms with Crippen LogP contribution in [0.4, 0.5) is 0 Å². The smallest absolute Gasteiger partial charge is 0.156 e. The molecule has 7 N–H and O–H groups in total. The van der Waals surface area contributed by atoms with E-state index in [4.69, 9.17) is 0 Å². The van der Waals surface area contributed by atoms with Gasteiger partial charge in [-0.25, -0.2) is 0 Å². The van der Waals surface area contributed by atoms with E-state index in [1.165, 1.54) is 0 Å². The Morgan fingerprint density at radius 3 is 1.45 bits per heavy atom. The Labute approximate surface area is 64.1 Å². The van der Waals surface area contributed by atoms with Crippen molar-refractivity contribution in [3.05, 3.63) is 0 Å². The lowest BCUT2D eigenvalue weighted by Gasteiger charge is -1.88. The van der Waals surface area contributed by atoms with Crippen LogP contribution in [0, 0.1) is 0 Å². The molecule has 0 aromatic heterocycles. The van der Waals surface area contributed by atoms with E-state index in [1.54, 1.807) is 0 Å². The van der Waals surface area contributed by atoms with Crippen LogP contribution >= 0.6 is 0 Å². The molecule has 0 aromatic rings. The highest BCUT2D eigenvalue weighted by atomic mass is 32.3. The first-order valence-corrected chi connectivity index (χ1v) is 4.80. The summed E-state index contributed by atoms with van der Waals surface area (Å²) in [6.07, 6.45) is 0. The summed E-state index contributed by atoms with van der Waals surface area (Å²) in [7, 11) is -8.81. The Balaban J connectivity index is 4.26. The van der Waals surface area contributed by atoms with Crippen LogP contribution in [0.3, 0.4) is 0 Å².